The highest BCUT2D eigenvalue weighted by atomic mass is 13.9. The molecule has 0 fully saturated rings. The van der Waals surface area contributed by atoms with E-state index in [0.717, 1.165) is 0 Å². The van der Waals surface area contributed by atoms with E-state index in [1.165, 1.54) is 11.1 Å². The van der Waals surface area contributed by atoms with Gasteiger partial charge in [0.25, 0.3) is 0 Å². The summed E-state index contributed by atoms with van der Waals surface area (Å²) < 4.78 is 0. The number of benzene rings is 1. The minimum Gasteiger partial charge on any atom is -0.0776 e. The zero-order chi connectivity index (χ0) is 9.98. The lowest BCUT2D eigenvalue weighted by Gasteiger charge is -1.90. The van der Waals surface area contributed by atoms with Crippen LogP contribution in [0.15, 0.2) is 24.3 Å². The summed E-state index contributed by atoms with van der Waals surface area (Å²) in [6.07, 6.45) is 0. The molecule has 0 saturated heterocycles. The second-order valence-corrected chi connectivity index (χ2v) is 2.15. The highest BCUT2D eigenvalue weighted by Crippen LogP contribution is 1.99. The van der Waals surface area contributed by atoms with Gasteiger partial charge in [0.15, 0.2) is 0 Å². The Morgan fingerprint density at radius 1 is 0.643 bits per heavy atom. The number of rotatable bonds is 0. The smallest absolute Gasteiger partial charge is 0 e. The van der Waals surface area contributed by atoms with Crippen LogP contribution in [0.2, 0.25) is 0 Å². The molecule has 0 bridgehead atoms. The summed E-state index contributed by atoms with van der Waals surface area (Å²) in [4.78, 5) is 0. The van der Waals surface area contributed by atoms with Crippen molar-refractivity contribution in [2.45, 2.75) is 49.0 Å². The monoisotopic (exact) mass is 193 g/mol. The van der Waals surface area contributed by atoms with Crippen molar-refractivity contribution in [2.75, 3.05) is 0 Å². The van der Waals surface area contributed by atoms with Gasteiger partial charge in [0.1, 0.15) is 0 Å². The lowest BCUT2D eigenvalue weighted by atomic mass is 10.2. The van der Waals surface area contributed by atoms with Gasteiger partial charge in [-0.2, -0.15) is 0 Å². The molecule has 0 spiro atoms. The second kappa shape index (κ2) is 18.1. The maximum atomic E-state index is 2.12. The van der Waals surface area contributed by atoms with Gasteiger partial charge < -0.3 is 0 Å². The summed E-state index contributed by atoms with van der Waals surface area (Å²) in [5.74, 6) is 0. The first-order valence-electron chi connectivity index (χ1n) is 4.82. The van der Waals surface area contributed by atoms with E-state index in [0.29, 0.717) is 0 Å². The SMILES string of the molecule is C.CC.CC.Cc1ccc(C)cc1.[B]. The van der Waals surface area contributed by atoms with Gasteiger partial charge >= 0.3 is 0 Å². The predicted molar refractivity (Wildman–Crippen MR) is 71.1 cm³/mol. The van der Waals surface area contributed by atoms with Gasteiger partial charge in [-0.05, 0) is 13.8 Å². The van der Waals surface area contributed by atoms with E-state index < -0.39 is 0 Å². The van der Waals surface area contributed by atoms with Crippen LogP contribution in [0.3, 0.4) is 0 Å². The molecular weight excluding hydrogens is 167 g/mol. The van der Waals surface area contributed by atoms with Gasteiger partial charge in [0.2, 0.25) is 0 Å². The third-order valence-electron chi connectivity index (χ3n) is 1.22. The Morgan fingerprint density at radius 3 is 0.929 bits per heavy atom. The van der Waals surface area contributed by atoms with Crippen LogP contribution >= 0.6 is 0 Å². The first-order valence-corrected chi connectivity index (χ1v) is 4.82. The van der Waals surface area contributed by atoms with Crippen molar-refractivity contribution in [3.63, 3.8) is 0 Å². The van der Waals surface area contributed by atoms with Crippen LogP contribution in [0.5, 0.6) is 0 Å². The van der Waals surface area contributed by atoms with Crippen molar-refractivity contribution in [3.05, 3.63) is 35.4 Å². The van der Waals surface area contributed by atoms with Crippen molar-refractivity contribution in [2.24, 2.45) is 0 Å². The first kappa shape index (κ1) is 23.3. The maximum absolute atomic E-state index is 2.12. The van der Waals surface area contributed by atoms with Gasteiger partial charge in [-0.15, -0.1) is 0 Å². The number of hydrogen-bond acceptors (Lipinski definition) is 0. The minimum absolute atomic E-state index is 0. The molecule has 0 N–H and O–H groups in total. The molecule has 0 saturated carbocycles. The van der Waals surface area contributed by atoms with Gasteiger partial charge in [0.05, 0.1) is 0 Å². The first-order chi connectivity index (χ1) is 5.79. The Hall–Kier alpha value is -0.715. The summed E-state index contributed by atoms with van der Waals surface area (Å²) >= 11 is 0. The largest absolute Gasteiger partial charge is 0.0776 e. The lowest BCUT2D eigenvalue weighted by molar-refractivity contribution is 1.40. The average Bonchev–Trinajstić information content (AvgIpc) is 2.17. The Bertz CT molecular complexity index is 144. The van der Waals surface area contributed by atoms with E-state index in [2.05, 4.69) is 38.1 Å². The quantitative estimate of drug-likeness (QED) is 0.527. The zero-order valence-corrected chi connectivity index (χ0v) is 9.89. The second-order valence-electron chi connectivity index (χ2n) is 2.15. The van der Waals surface area contributed by atoms with Crippen LogP contribution in [0.1, 0.15) is 46.2 Å². The fourth-order valence-corrected chi connectivity index (χ4v) is 0.637. The Kier molecular flexibility index (Phi) is 30.1. The highest BCUT2D eigenvalue weighted by molar-refractivity contribution is 5.75. The Balaban J connectivity index is -0.0000000750. The van der Waals surface area contributed by atoms with Gasteiger partial charge in [-0.3, -0.25) is 0 Å². The van der Waals surface area contributed by atoms with E-state index in [1.807, 2.05) is 27.7 Å². The molecule has 0 aliphatic carbocycles. The van der Waals surface area contributed by atoms with E-state index in [4.69, 9.17) is 0 Å². The van der Waals surface area contributed by atoms with Crippen molar-refractivity contribution in [3.8, 4) is 0 Å². The van der Waals surface area contributed by atoms with Crippen LogP contribution in [0.25, 0.3) is 0 Å². The molecule has 0 aliphatic rings. The molecule has 0 aromatic heterocycles. The fourth-order valence-electron chi connectivity index (χ4n) is 0.637. The zero-order valence-electron chi connectivity index (χ0n) is 9.89. The fraction of sp³-hybridized carbons (Fsp3) is 0.538. The summed E-state index contributed by atoms with van der Waals surface area (Å²) in [5, 5.41) is 0. The normalized spacial score (nSPS) is 6.14. The minimum atomic E-state index is 0. The van der Waals surface area contributed by atoms with E-state index in [9.17, 15) is 0 Å². The molecule has 0 unspecified atom stereocenters. The van der Waals surface area contributed by atoms with Crippen molar-refractivity contribution in [1.29, 1.82) is 0 Å². The van der Waals surface area contributed by atoms with Crippen molar-refractivity contribution < 1.29 is 0 Å². The van der Waals surface area contributed by atoms with Crippen LogP contribution in [-0.4, -0.2) is 8.41 Å². The van der Waals surface area contributed by atoms with E-state index >= 15 is 0 Å². The third kappa shape index (κ3) is 13.8. The third-order valence-corrected chi connectivity index (χ3v) is 1.22. The summed E-state index contributed by atoms with van der Waals surface area (Å²) in [7, 11) is 0. The van der Waals surface area contributed by atoms with Crippen molar-refractivity contribution in [1.82, 2.24) is 0 Å². The molecule has 1 aromatic rings. The van der Waals surface area contributed by atoms with Gasteiger partial charge in [-0.1, -0.05) is 70.5 Å². The van der Waals surface area contributed by atoms with Crippen molar-refractivity contribution >= 4 is 8.41 Å². The summed E-state index contributed by atoms with van der Waals surface area (Å²) in [6, 6.07) is 8.48. The molecule has 0 nitrogen and oxygen atoms in total. The molecule has 81 valence electrons. The predicted octanol–water partition coefficient (Wildman–Crippen LogP) is 4.61. The molecule has 1 heteroatoms. The molecule has 0 aliphatic heterocycles. The average molecular weight is 193 g/mol. The number of hydrogen-bond donors (Lipinski definition) is 0. The van der Waals surface area contributed by atoms with Crippen LogP contribution in [0.4, 0.5) is 0 Å². The molecular formula is C13H26B. The number of aryl methyl sites for hydroxylation is 2. The van der Waals surface area contributed by atoms with Crippen LogP contribution in [-0.2, 0) is 0 Å². The van der Waals surface area contributed by atoms with Crippen LogP contribution in [0, 0.1) is 13.8 Å². The highest BCUT2D eigenvalue weighted by Gasteiger charge is 1.79. The molecule has 1 aromatic carbocycles. The van der Waals surface area contributed by atoms with E-state index in [-0.39, 0.29) is 15.8 Å². The molecule has 14 heavy (non-hydrogen) atoms. The molecule has 0 atom stereocenters. The molecule has 0 heterocycles. The van der Waals surface area contributed by atoms with Gasteiger partial charge in [0, 0.05) is 8.41 Å². The molecule has 1 rings (SSSR count). The topological polar surface area (TPSA) is 0 Å². The van der Waals surface area contributed by atoms with E-state index in [1.54, 1.807) is 0 Å². The maximum Gasteiger partial charge on any atom is 0 e. The Labute approximate surface area is 93.3 Å². The lowest BCUT2D eigenvalue weighted by Crippen LogP contribution is -1.70. The molecule has 0 amide bonds. The summed E-state index contributed by atoms with van der Waals surface area (Å²) in [5.41, 5.74) is 2.66. The van der Waals surface area contributed by atoms with Gasteiger partial charge in [-0.25, -0.2) is 0 Å². The standard InChI is InChI=1S/C8H10.2C2H6.CH4.B/c1-7-3-5-8(2)6-4-7;2*1-2;;/h3-6H,1-2H3;2*1-2H3;1H4;. The Morgan fingerprint density at radius 2 is 0.786 bits per heavy atom. The molecule has 3 radical (unpaired) electrons. The van der Waals surface area contributed by atoms with Crippen LogP contribution < -0.4 is 0 Å². The summed E-state index contributed by atoms with van der Waals surface area (Å²) in [6.45, 7) is 12.2.